The summed E-state index contributed by atoms with van der Waals surface area (Å²) in [6, 6.07) is 6.77. The minimum absolute atomic E-state index is 0.140. The summed E-state index contributed by atoms with van der Waals surface area (Å²) in [6.45, 7) is 10.3. The maximum absolute atomic E-state index is 13.2. The Labute approximate surface area is 198 Å². The molecule has 4 rings (SSSR count). The number of aliphatic hydroxyl groups excluding tert-OH is 1. The van der Waals surface area contributed by atoms with Crippen molar-refractivity contribution in [3.8, 4) is 5.75 Å². The van der Waals surface area contributed by atoms with Crippen molar-refractivity contribution in [2.45, 2.75) is 26.8 Å². The Bertz CT molecular complexity index is 1090. The first-order chi connectivity index (χ1) is 15.9. The molecule has 8 heteroatoms. The molecular formula is C25H31N3O4S. The molecule has 1 saturated heterocycles. The minimum atomic E-state index is -0.632. The summed E-state index contributed by atoms with van der Waals surface area (Å²) in [5.41, 5.74) is 2.52. The number of carbonyl (C=O) groups is 2. The van der Waals surface area contributed by atoms with Gasteiger partial charge in [-0.25, -0.2) is 0 Å². The fraction of sp³-hybridized carbons (Fsp3) is 0.440. The topological polar surface area (TPSA) is 73.3 Å². The number of likely N-dealkylation sites (N-methyl/N-ethyl adjacent to an activating group) is 2. The van der Waals surface area contributed by atoms with Crippen LogP contribution in [0.5, 0.6) is 5.75 Å². The second kappa shape index (κ2) is 9.57. The third-order valence-electron chi connectivity index (χ3n) is 6.57. The molecule has 1 unspecified atom stereocenters. The van der Waals surface area contributed by atoms with Crippen LogP contribution in [0.15, 0.2) is 35.2 Å². The van der Waals surface area contributed by atoms with Gasteiger partial charge in [0.1, 0.15) is 18.1 Å². The van der Waals surface area contributed by atoms with Crippen LogP contribution in [0.4, 0.5) is 5.69 Å². The van der Waals surface area contributed by atoms with Crippen molar-refractivity contribution in [3.63, 3.8) is 0 Å². The van der Waals surface area contributed by atoms with Crippen LogP contribution in [0, 0.1) is 6.92 Å². The van der Waals surface area contributed by atoms with E-state index in [2.05, 4.69) is 23.6 Å². The molecule has 0 saturated carbocycles. The average molecular weight is 470 g/mol. The molecule has 176 valence electrons. The molecule has 1 aromatic heterocycles. The number of ketones is 1. The van der Waals surface area contributed by atoms with Crippen molar-refractivity contribution in [2.75, 3.05) is 51.3 Å². The normalized spacial score (nSPS) is 19.8. The molecule has 2 aromatic rings. The lowest BCUT2D eigenvalue weighted by Gasteiger charge is -2.29. The highest BCUT2D eigenvalue weighted by Crippen LogP contribution is 2.43. The molecule has 7 nitrogen and oxygen atoms in total. The van der Waals surface area contributed by atoms with Gasteiger partial charge in [0, 0.05) is 30.6 Å². The van der Waals surface area contributed by atoms with E-state index in [9.17, 15) is 14.7 Å². The molecule has 0 spiro atoms. The standard InChI is InChI=1S/C25H31N3O4S/c1-5-27(6-2)10-11-28-21(24-16(3)9-14-33-24)20(23(30)25(28)31)22(29)17-7-8-19-18(15-17)26(4)12-13-32-19/h7-9,14-15,21,29H,5-6,10-13H2,1-4H3/b22-20-. The molecule has 2 aliphatic rings. The van der Waals surface area contributed by atoms with E-state index >= 15 is 0 Å². The van der Waals surface area contributed by atoms with Crippen LogP contribution in [0.2, 0.25) is 0 Å². The first-order valence-corrected chi connectivity index (χ1v) is 12.3. The van der Waals surface area contributed by atoms with Gasteiger partial charge in [0.2, 0.25) is 0 Å². The number of benzene rings is 1. The van der Waals surface area contributed by atoms with Gasteiger partial charge in [-0.3, -0.25) is 9.59 Å². The zero-order valence-electron chi connectivity index (χ0n) is 19.6. The summed E-state index contributed by atoms with van der Waals surface area (Å²) in [4.78, 5) is 33.2. The number of nitrogens with zero attached hydrogens (tertiary/aromatic N) is 3. The Morgan fingerprint density at radius 1 is 1.24 bits per heavy atom. The summed E-state index contributed by atoms with van der Waals surface area (Å²) >= 11 is 1.51. The lowest BCUT2D eigenvalue weighted by atomic mass is 9.98. The molecule has 1 fully saturated rings. The van der Waals surface area contributed by atoms with Gasteiger partial charge in [-0.15, -0.1) is 11.3 Å². The number of aryl methyl sites for hydroxylation is 1. The van der Waals surface area contributed by atoms with Gasteiger partial charge < -0.3 is 24.5 Å². The summed E-state index contributed by atoms with van der Waals surface area (Å²) < 4.78 is 5.71. The number of ether oxygens (including phenoxy) is 1. The van der Waals surface area contributed by atoms with Crippen LogP contribution in [-0.2, 0) is 9.59 Å². The summed E-state index contributed by atoms with van der Waals surface area (Å²) in [7, 11) is 1.96. The van der Waals surface area contributed by atoms with Crippen molar-refractivity contribution in [3.05, 3.63) is 51.2 Å². The zero-order chi connectivity index (χ0) is 23.7. The molecule has 33 heavy (non-hydrogen) atoms. The van der Waals surface area contributed by atoms with Crippen molar-refractivity contribution in [1.29, 1.82) is 0 Å². The Morgan fingerprint density at radius 3 is 2.67 bits per heavy atom. The van der Waals surface area contributed by atoms with Crippen molar-refractivity contribution < 1.29 is 19.4 Å². The Hall–Kier alpha value is -2.84. The number of anilines is 1. The van der Waals surface area contributed by atoms with Gasteiger partial charge >= 0.3 is 0 Å². The Balaban J connectivity index is 1.79. The maximum atomic E-state index is 13.2. The quantitative estimate of drug-likeness (QED) is 0.379. The summed E-state index contributed by atoms with van der Waals surface area (Å²) in [6.07, 6.45) is 0. The number of rotatable bonds is 7. The number of hydrogen-bond donors (Lipinski definition) is 1. The molecular weight excluding hydrogens is 438 g/mol. The molecule has 0 radical (unpaired) electrons. The van der Waals surface area contributed by atoms with Crippen LogP contribution < -0.4 is 9.64 Å². The van der Waals surface area contributed by atoms with E-state index in [0.29, 0.717) is 25.3 Å². The summed E-state index contributed by atoms with van der Waals surface area (Å²) in [5, 5.41) is 13.3. The zero-order valence-corrected chi connectivity index (χ0v) is 20.4. The summed E-state index contributed by atoms with van der Waals surface area (Å²) in [5.74, 6) is -0.587. The van der Waals surface area contributed by atoms with Gasteiger partial charge in [0.05, 0.1) is 23.8 Å². The van der Waals surface area contributed by atoms with Crippen LogP contribution in [-0.4, -0.2) is 73.0 Å². The number of Topliss-reactive ketones (excluding diaryl/α,β-unsaturated/α-hetero) is 1. The number of carbonyl (C=O) groups excluding carboxylic acids is 2. The van der Waals surface area contributed by atoms with E-state index in [0.717, 1.165) is 41.5 Å². The number of aliphatic hydroxyl groups is 1. The first kappa shape index (κ1) is 23.3. The third kappa shape index (κ3) is 4.25. The largest absolute Gasteiger partial charge is 0.507 e. The predicted octanol–water partition coefficient (Wildman–Crippen LogP) is 3.65. The van der Waals surface area contributed by atoms with Crippen LogP contribution in [0.3, 0.4) is 0 Å². The highest BCUT2D eigenvalue weighted by molar-refractivity contribution is 7.10. The van der Waals surface area contributed by atoms with E-state index in [4.69, 9.17) is 4.74 Å². The van der Waals surface area contributed by atoms with Crippen molar-refractivity contribution in [1.82, 2.24) is 9.80 Å². The van der Waals surface area contributed by atoms with Crippen LogP contribution >= 0.6 is 11.3 Å². The second-order valence-corrected chi connectivity index (χ2v) is 9.39. The van der Waals surface area contributed by atoms with Gasteiger partial charge in [-0.05, 0) is 55.2 Å². The number of amides is 1. The van der Waals surface area contributed by atoms with E-state index < -0.39 is 17.7 Å². The average Bonchev–Trinajstić information content (AvgIpc) is 3.34. The van der Waals surface area contributed by atoms with E-state index in [-0.39, 0.29) is 11.3 Å². The molecule has 3 heterocycles. The highest BCUT2D eigenvalue weighted by atomic mass is 32.1. The smallest absolute Gasteiger partial charge is 0.295 e. The number of thiophene rings is 1. The van der Waals surface area contributed by atoms with E-state index in [1.54, 1.807) is 11.0 Å². The van der Waals surface area contributed by atoms with Gasteiger partial charge in [0.25, 0.3) is 11.7 Å². The van der Waals surface area contributed by atoms with Gasteiger partial charge in [-0.2, -0.15) is 0 Å². The monoisotopic (exact) mass is 469 g/mol. The van der Waals surface area contributed by atoms with Crippen molar-refractivity contribution in [2.24, 2.45) is 0 Å². The van der Waals surface area contributed by atoms with Gasteiger partial charge in [-0.1, -0.05) is 13.8 Å². The fourth-order valence-corrected chi connectivity index (χ4v) is 5.54. The Kier molecular flexibility index (Phi) is 6.76. The van der Waals surface area contributed by atoms with E-state index in [1.807, 2.05) is 37.6 Å². The molecule has 0 bridgehead atoms. The second-order valence-electron chi connectivity index (χ2n) is 8.44. The predicted molar refractivity (Wildman–Crippen MR) is 131 cm³/mol. The number of hydrogen-bond acceptors (Lipinski definition) is 7. The highest BCUT2D eigenvalue weighted by Gasteiger charge is 2.47. The lowest BCUT2D eigenvalue weighted by molar-refractivity contribution is -0.140. The maximum Gasteiger partial charge on any atom is 0.295 e. The van der Waals surface area contributed by atoms with Crippen LogP contribution in [0.1, 0.15) is 35.9 Å². The third-order valence-corrected chi connectivity index (χ3v) is 7.64. The molecule has 1 atom stereocenters. The van der Waals surface area contributed by atoms with Crippen molar-refractivity contribution >= 4 is 34.5 Å². The van der Waals surface area contributed by atoms with Crippen LogP contribution in [0.25, 0.3) is 5.76 Å². The Morgan fingerprint density at radius 2 is 2.00 bits per heavy atom. The molecule has 1 N–H and O–H groups in total. The SMILES string of the molecule is CCN(CC)CCN1C(=O)C(=O)/C(=C(\O)c2ccc3c(c2)N(C)CCO3)C1c1sccc1C. The van der Waals surface area contributed by atoms with Gasteiger partial charge in [0.15, 0.2) is 0 Å². The lowest BCUT2D eigenvalue weighted by Crippen LogP contribution is -2.37. The number of fused-ring (bicyclic) bond motifs is 1. The first-order valence-electron chi connectivity index (χ1n) is 11.4. The van der Waals surface area contributed by atoms with E-state index in [1.165, 1.54) is 11.3 Å². The molecule has 1 aromatic carbocycles. The molecule has 2 aliphatic heterocycles. The fourth-order valence-electron chi connectivity index (χ4n) is 4.49. The number of likely N-dealkylation sites (tertiary alicyclic amines) is 1. The molecule has 0 aliphatic carbocycles. The minimum Gasteiger partial charge on any atom is -0.507 e. The molecule has 1 amide bonds.